The van der Waals surface area contributed by atoms with Gasteiger partial charge in [-0.15, -0.1) is 11.3 Å². The first kappa shape index (κ1) is 22.8. The van der Waals surface area contributed by atoms with Crippen molar-refractivity contribution in [3.63, 3.8) is 0 Å². The van der Waals surface area contributed by atoms with Gasteiger partial charge in [-0.2, -0.15) is 5.10 Å². The fraction of sp³-hybridized carbons (Fsp3) is 0.136. The van der Waals surface area contributed by atoms with Gasteiger partial charge in [0.05, 0.1) is 28.0 Å². The minimum absolute atomic E-state index is 0.183. The van der Waals surface area contributed by atoms with E-state index in [-0.39, 0.29) is 10.6 Å². The van der Waals surface area contributed by atoms with Crippen molar-refractivity contribution in [2.45, 2.75) is 11.8 Å². The first-order valence-corrected chi connectivity index (χ1v) is 12.1. The Morgan fingerprint density at radius 1 is 1.12 bits per heavy atom. The summed E-state index contributed by atoms with van der Waals surface area (Å²) in [5.74, 6) is -0.854. The number of carbonyl (C=O) groups is 1. The Kier molecular flexibility index (Phi) is 6.11. The fourth-order valence-corrected chi connectivity index (χ4v) is 4.75. The van der Waals surface area contributed by atoms with Crippen LogP contribution in [-0.2, 0) is 10.0 Å². The number of anilines is 1. The molecule has 1 amide bonds. The molecule has 0 radical (unpaired) electrons. The predicted octanol–water partition coefficient (Wildman–Crippen LogP) is 3.95. The Bertz CT molecular complexity index is 1430. The van der Waals surface area contributed by atoms with Crippen LogP contribution < -0.4 is 5.32 Å². The molecule has 11 heteroatoms. The lowest BCUT2D eigenvalue weighted by atomic mass is 10.2. The average molecular weight is 486 g/mol. The van der Waals surface area contributed by atoms with Gasteiger partial charge in [-0.3, -0.25) is 10.1 Å². The van der Waals surface area contributed by atoms with Crippen LogP contribution in [0.3, 0.4) is 0 Å². The Morgan fingerprint density at radius 2 is 1.82 bits per heavy atom. The topological polar surface area (TPSA) is 97.2 Å². The van der Waals surface area contributed by atoms with Crippen LogP contribution >= 0.6 is 11.3 Å². The summed E-state index contributed by atoms with van der Waals surface area (Å²) in [6.45, 7) is 1.69. The smallest absolute Gasteiger partial charge is 0.260 e. The van der Waals surface area contributed by atoms with Gasteiger partial charge in [0.25, 0.3) is 5.91 Å². The molecule has 4 aromatic rings. The van der Waals surface area contributed by atoms with E-state index < -0.39 is 21.7 Å². The number of halogens is 1. The van der Waals surface area contributed by atoms with E-state index in [1.54, 1.807) is 42.6 Å². The number of sulfonamides is 1. The van der Waals surface area contributed by atoms with E-state index in [0.717, 1.165) is 4.31 Å². The van der Waals surface area contributed by atoms with Crippen molar-refractivity contribution in [3.05, 3.63) is 77.2 Å². The van der Waals surface area contributed by atoms with Gasteiger partial charge in [0, 0.05) is 25.0 Å². The molecule has 1 N–H and O–H groups in total. The van der Waals surface area contributed by atoms with Crippen molar-refractivity contribution in [3.8, 4) is 16.9 Å². The minimum Gasteiger partial charge on any atom is -0.298 e. The van der Waals surface area contributed by atoms with Crippen LogP contribution in [0.5, 0.6) is 0 Å². The number of hydrogen-bond acceptors (Lipinski definition) is 6. The third kappa shape index (κ3) is 4.42. The van der Waals surface area contributed by atoms with Gasteiger partial charge < -0.3 is 0 Å². The summed E-state index contributed by atoms with van der Waals surface area (Å²) in [5.41, 5.74) is 2.36. The van der Waals surface area contributed by atoms with E-state index in [9.17, 15) is 17.6 Å². The summed E-state index contributed by atoms with van der Waals surface area (Å²) in [6, 6.07) is 12.6. The van der Waals surface area contributed by atoms with Crippen LogP contribution in [0.4, 0.5) is 9.52 Å². The van der Waals surface area contributed by atoms with Gasteiger partial charge in [0.1, 0.15) is 11.5 Å². The Balaban J connectivity index is 1.52. The molecule has 0 aliphatic carbocycles. The highest BCUT2D eigenvalue weighted by Gasteiger charge is 2.19. The highest BCUT2D eigenvalue weighted by atomic mass is 32.2. The zero-order valence-electron chi connectivity index (χ0n) is 18.0. The molecule has 0 saturated heterocycles. The monoisotopic (exact) mass is 485 g/mol. The highest BCUT2D eigenvalue weighted by Crippen LogP contribution is 2.27. The van der Waals surface area contributed by atoms with Crippen LogP contribution in [-0.4, -0.2) is 47.5 Å². The number of nitrogens with zero attached hydrogens (tertiary/aromatic N) is 4. The minimum atomic E-state index is -3.51. The molecule has 2 heterocycles. The average Bonchev–Trinajstić information content (AvgIpc) is 3.41. The first-order chi connectivity index (χ1) is 15.7. The van der Waals surface area contributed by atoms with Crippen molar-refractivity contribution >= 4 is 32.4 Å². The summed E-state index contributed by atoms with van der Waals surface area (Å²) in [5, 5.41) is 9.02. The molecule has 0 spiro atoms. The molecule has 2 aromatic carbocycles. The molecule has 8 nitrogen and oxygen atoms in total. The molecule has 0 saturated carbocycles. The summed E-state index contributed by atoms with van der Waals surface area (Å²) in [6.07, 6.45) is 1.38. The van der Waals surface area contributed by atoms with Crippen molar-refractivity contribution < 1.29 is 17.6 Å². The molecule has 170 valence electrons. The van der Waals surface area contributed by atoms with Gasteiger partial charge in [-0.05, 0) is 31.2 Å². The molecule has 4 rings (SSSR count). The molecule has 0 unspecified atom stereocenters. The Labute approximate surface area is 194 Å². The maximum Gasteiger partial charge on any atom is 0.260 e. The highest BCUT2D eigenvalue weighted by molar-refractivity contribution is 7.89. The molecule has 2 aromatic heterocycles. The second-order valence-corrected chi connectivity index (χ2v) is 10.3. The fourth-order valence-electron chi connectivity index (χ4n) is 3.14. The maximum atomic E-state index is 14.1. The van der Waals surface area contributed by atoms with Crippen molar-refractivity contribution in [1.29, 1.82) is 0 Å². The van der Waals surface area contributed by atoms with E-state index in [2.05, 4.69) is 15.4 Å². The zero-order valence-corrected chi connectivity index (χ0v) is 19.6. The van der Waals surface area contributed by atoms with Crippen molar-refractivity contribution in [1.82, 2.24) is 19.1 Å². The summed E-state index contributed by atoms with van der Waals surface area (Å²) in [7, 11) is -0.570. The largest absolute Gasteiger partial charge is 0.298 e. The molecule has 0 atom stereocenters. The van der Waals surface area contributed by atoms with Gasteiger partial charge in [-0.1, -0.05) is 24.3 Å². The van der Waals surface area contributed by atoms with Crippen molar-refractivity contribution in [2.24, 2.45) is 0 Å². The van der Waals surface area contributed by atoms with Crippen LogP contribution in [0.2, 0.25) is 0 Å². The van der Waals surface area contributed by atoms with Gasteiger partial charge in [-0.25, -0.2) is 26.8 Å². The normalized spacial score (nSPS) is 11.7. The first-order valence-electron chi connectivity index (χ1n) is 9.78. The number of carbonyl (C=O) groups excluding carboxylic acids is 1. The molecule has 33 heavy (non-hydrogen) atoms. The van der Waals surface area contributed by atoms with Gasteiger partial charge >= 0.3 is 0 Å². The molecular weight excluding hydrogens is 465 g/mol. The standard InChI is InChI=1S/C22H20FN5O3S2/c1-14-17(12-24-28(14)20-7-5-4-6-18(20)23)21(29)26-22-25-19(13-32-22)15-8-10-16(11-9-15)33(30,31)27(2)3/h4-13H,1-3H3,(H,25,26,29). The number of amides is 1. The number of rotatable bonds is 6. The van der Waals surface area contributed by atoms with E-state index >= 15 is 0 Å². The van der Waals surface area contributed by atoms with E-state index in [1.807, 2.05) is 0 Å². The predicted molar refractivity (Wildman–Crippen MR) is 125 cm³/mol. The van der Waals surface area contributed by atoms with Crippen LogP contribution in [0.15, 0.2) is 65.0 Å². The van der Waals surface area contributed by atoms with Crippen LogP contribution in [0.25, 0.3) is 16.9 Å². The zero-order chi connectivity index (χ0) is 23.8. The molecule has 0 fully saturated rings. The number of thiazole rings is 1. The maximum absolute atomic E-state index is 14.1. The second kappa shape index (κ2) is 8.85. The second-order valence-electron chi connectivity index (χ2n) is 7.31. The van der Waals surface area contributed by atoms with E-state index in [1.165, 1.54) is 54.5 Å². The number of para-hydroxylation sites is 1. The molecule has 0 bridgehead atoms. The molecule has 0 aliphatic rings. The van der Waals surface area contributed by atoms with Crippen LogP contribution in [0, 0.1) is 12.7 Å². The Hall–Kier alpha value is -3.41. The lowest BCUT2D eigenvalue weighted by Gasteiger charge is -2.11. The summed E-state index contributed by atoms with van der Waals surface area (Å²) < 4.78 is 41.1. The number of nitrogens with one attached hydrogen (secondary N) is 1. The number of benzene rings is 2. The van der Waals surface area contributed by atoms with E-state index in [4.69, 9.17) is 0 Å². The van der Waals surface area contributed by atoms with Gasteiger partial charge in [0.2, 0.25) is 10.0 Å². The number of aromatic nitrogens is 3. The quantitative estimate of drug-likeness (QED) is 0.446. The van der Waals surface area contributed by atoms with Crippen molar-refractivity contribution in [2.75, 3.05) is 19.4 Å². The number of hydrogen-bond donors (Lipinski definition) is 1. The Morgan fingerprint density at radius 3 is 2.48 bits per heavy atom. The lowest BCUT2D eigenvalue weighted by molar-refractivity contribution is 0.102. The summed E-state index contributed by atoms with van der Waals surface area (Å²) >= 11 is 1.24. The summed E-state index contributed by atoms with van der Waals surface area (Å²) in [4.78, 5) is 17.4. The SMILES string of the molecule is Cc1c(C(=O)Nc2nc(-c3ccc(S(=O)(=O)N(C)C)cc3)cs2)cnn1-c1ccccc1F. The molecule has 0 aliphatic heterocycles. The molecular formula is C22H20FN5O3S2. The van der Waals surface area contributed by atoms with E-state index in [0.29, 0.717) is 27.6 Å². The third-order valence-electron chi connectivity index (χ3n) is 4.99. The van der Waals surface area contributed by atoms with Gasteiger partial charge in [0.15, 0.2) is 5.13 Å². The third-order valence-corrected chi connectivity index (χ3v) is 7.58. The van der Waals surface area contributed by atoms with Crippen LogP contribution in [0.1, 0.15) is 16.1 Å². The lowest BCUT2D eigenvalue weighted by Crippen LogP contribution is -2.22.